The summed E-state index contributed by atoms with van der Waals surface area (Å²) in [5, 5.41) is 4.29. The van der Waals surface area contributed by atoms with Gasteiger partial charge in [0.25, 0.3) is 0 Å². The lowest BCUT2D eigenvalue weighted by molar-refractivity contribution is 0.146. The van der Waals surface area contributed by atoms with E-state index in [1.165, 1.54) is 18.8 Å². The van der Waals surface area contributed by atoms with Gasteiger partial charge in [-0.25, -0.2) is 0 Å². The number of hydrogen-bond acceptors (Lipinski definition) is 3. The Labute approximate surface area is 107 Å². The van der Waals surface area contributed by atoms with Crippen LogP contribution in [0.15, 0.2) is 24.3 Å². The lowest BCUT2D eigenvalue weighted by Gasteiger charge is -2.45. The van der Waals surface area contributed by atoms with Gasteiger partial charge >= 0.3 is 0 Å². The smallest absolute Gasteiger partial charge is 0.0407 e. The van der Waals surface area contributed by atoms with E-state index < -0.39 is 0 Å². The van der Waals surface area contributed by atoms with Crippen molar-refractivity contribution >= 4 is 17.3 Å². The van der Waals surface area contributed by atoms with Gasteiger partial charge in [-0.2, -0.15) is 0 Å². The van der Waals surface area contributed by atoms with Gasteiger partial charge < -0.3 is 10.2 Å². The predicted molar refractivity (Wildman–Crippen MR) is 71.9 cm³/mol. The van der Waals surface area contributed by atoms with Gasteiger partial charge in [-0.05, 0) is 24.3 Å². The number of piperazine rings is 2. The van der Waals surface area contributed by atoms with Crippen molar-refractivity contribution in [1.82, 2.24) is 10.2 Å². The van der Waals surface area contributed by atoms with E-state index in [2.05, 4.69) is 27.2 Å². The summed E-state index contributed by atoms with van der Waals surface area (Å²) in [6, 6.07) is 8.85. The normalized spacial score (nSPS) is 25.7. The molecule has 0 saturated carbocycles. The summed E-state index contributed by atoms with van der Waals surface area (Å²) in [6.45, 7) is 6.86. The molecule has 0 aliphatic carbocycles. The topological polar surface area (TPSA) is 18.5 Å². The maximum Gasteiger partial charge on any atom is 0.0407 e. The van der Waals surface area contributed by atoms with E-state index in [0.29, 0.717) is 6.04 Å². The van der Waals surface area contributed by atoms with Crippen LogP contribution in [0.4, 0.5) is 5.69 Å². The second-order valence-electron chi connectivity index (χ2n) is 4.82. The van der Waals surface area contributed by atoms with Crippen molar-refractivity contribution < 1.29 is 0 Å². The van der Waals surface area contributed by atoms with Crippen molar-refractivity contribution in [2.75, 3.05) is 44.2 Å². The summed E-state index contributed by atoms with van der Waals surface area (Å²) in [7, 11) is 0. The monoisotopic (exact) mass is 251 g/mol. The summed E-state index contributed by atoms with van der Waals surface area (Å²) < 4.78 is 0. The van der Waals surface area contributed by atoms with Crippen molar-refractivity contribution in [1.29, 1.82) is 0 Å². The highest BCUT2D eigenvalue weighted by molar-refractivity contribution is 6.30. The Kier molecular flexibility index (Phi) is 3.23. The van der Waals surface area contributed by atoms with E-state index in [0.717, 1.165) is 31.2 Å². The molecule has 3 rings (SSSR count). The van der Waals surface area contributed by atoms with Crippen LogP contribution >= 0.6 is 11.6 Å². The molecule has 2 heterocycles. The third-order valence-electron chi connectivity index (χ3n) is 3.75. The van der Waals surface area contributed by atoms with Gasteiger partial charge in [0.05, 0.1) is 0 Å². The average molecular weight is 252 g/mol. The largest absolute Gasteiger partial charge is 0.369 e. The van der Waals surface area contributed by atoms with Crippen molar-refractivity contribution in [3.8, 4) is 0 Å². The van der Waals surface area contributed by atoms with Crippen LogP contribution in [0.2, 0.25) is 5.02 Å². The summed E-state index contributed by atoms with van der Waals surface area (Å²) >= 11 is 5.92. The molecule has 0 bridgehead atoms. The minimum absolute atomic E-state index is 0.660. The van der Waals surface area contributed by atoms with Gasteiger partial charge in [0.1, 0.15) is 0 Å². The zero-order valence-electron chi connectivity index (χ0n) is 9.90. The fourth-order valence-electron chi connectivity index (χ4n) is 2.76. The molecule has 1 aromatic rings. The van der Waals surface area contributed by atoms with Crippen LogP contribution in [-0.2, 0) is 0 Å². The van der Waals surface area contributed by atoms with Gasteiger partial charge in [0.2, 0.25) is 0 Å². The van der Waals surface area contributed by atoms with Crippen molar-refractivity contribution in [3.05, 3.63) is 29.3 Å². The van der Waals surface area contributed by atoms with E-state index in [1.807, 2.05) is 12.1 Å². The maximum atomic E-state index is 5.92. The molecule has 92 valence electrons. The first kappa shape index (κ1) is 11.3. The minimum Gasteiger partial charge on any atom is -0.369 e. The third-order valence-corrected chi connectivity index (χ3v) is 4.00. The van der Waals surface area contributed by atoms with Gasteiger partial charge in [-0.1, -0.05) is 11.6 Å². The highest BCUT2D eigenvalue weighted by Crippen LogP contribution is 2.21. The van der Waals surface area contributed by atoms with Crippen molar-refractivity contribution in [2.45, 2.75) is 6.04 Å². The van der Waals surface area contributed by atoms with Gasteiger partial charge in [-0.3, -0.25) is 4.90 Å². The number of fused-ring (bicyclic) bond motifs is 1. The Morgan fingerprint density at radius 3 is 2.76 bits per heavy atom. The average Bonchev–Trinajstić information content (AvgIpc) is 2.39. The quantitative estimate of drug-likeness (QED) is 0.815. The predicted octanol–water partition coefficient (Wildman–Crippen LogP) is 1.43. The molecular formula is C13H18ClN3. The van der Waals surface area contributed by atoms with Crippen molar-refractivity contribution in [3.63, 3.8) is 0 Å². The van der Waals surface area contributed by atoms with E-state index in [4.69, 9.17) is 11.6 Å². The third kappa shape index (κ3) is 2.41. The fourth-order valence-corrected chi connectivity index (χ4v) is 2.88. The first-order valence-electron chi connectivity index (χ1n) is 6.28. The zero-order valence-corrected chi connectivity index (χ0v) is 10.7. The highest BCUT2D eigenvalue weighted by atomic mass is 35.5. The first-order chi connectivity index (χ1) is 8.33. The molecule has 1 atom stereocenters. The molecule has 3 nitrogen and oxygen atoms in total. The number of rotatable bonds is 1. The number of nitrogens with one attached hydrogen (secondary N) is 1. The molecule has 1 unspecified atom stereocenters. The van der Waals surface area contributed by atoms with E-state index >= 15 is 0 Å². The number of nitrogens with zero attached hydrogens (tertiary/aromatic N) is 2. The maximum absolute atomic E-state index is 5.92. The Morgan fingerprint density at radius 2 is 1.94 bits per heavy atom. The van der Waals surface area contributed by atoms with E-state index in [1.54, 1.807) is 0 Å². The van der Waals surface area contributed by atoms with Crippen molar-refractivity contribution in [2.24, 2.45) is 0 Å². The molecule has 2 aliphatic heterocycles. The lowest BCUT2D eigenvalue weighted by Crippen LogP contribution is -2.61. The standard InChI is InChI=1S/C13H18ClN3/c14-11-1-3-12(4-2-11)17-8-7-16-6-5-15-9-13(16)10-17/h1-4,13,15H,5-10H2. The van der Waals surface area contributed by atoms with Gasteiger partial charge in [-0.15, -0.1) is 0 Å². The Bertz CT molecular complexity index is 379. The van der Waals surface area contributed by atoms with Crippen LogP contribution < -0.4 is 10.2 Å². The second kappa shape index (κ2) is 4.84. The van der Waals surface area contributed by atoms with E-state index in [9.17, 15) is 0 Å². The molecule has 1 N–H and O–H groups in total. The summed E-state index contributed by atoms with van der Waals surface area (Å²) in [5.41, 5.74) is 1.29. The molecule has 0 aromatic heterocycles. The van der Waals surface area contributed by atoms with Crippen LogP contribution in [0.5, 0.6) is 0 Å². The van der Waals surface area contributed by atoms with Gasteiger partial charge in [0.15, 0.2) is 0 Å². The summed E-state index contributed by atoms with van der Waals surface area (Å²) in [6.07, 6.45) is 0. The molecule has 0 spiro atoms. The molecule has 2 saturated heterocycles. The molecule has 17 heavy (non-hydrogen) atoms. The lowest BCUT2D eigenvalue weighted by atomic mass is 10.1. The summed E-state index contributed by atoms with van der Waals surface area (Å²) in [5.74, 6) is 0. The van der Waals surface area contributed by atoms with Gasteiger partial charge in [0, 0.05) is 56.0 Å². The Morgan fingerprint density at radius 1 is 1.12 bits per heavy atom. The highest BCUT2D eigenvalue weighted by Gasteiger charge is 2.28. The molecule has 4 heteroatoms. The molecule has 1 aromatic carbocycles. The summed E-state index contributed by atoms with van der Waals surface area (Å²) in [4.78, 5) is 5.06. The fraction of sp³-hybridized carbons (Fsp3) is 0.538. The number of hydrogen-bond donors (Lipinski definition) is 1. The number of benzene rings is 1. The number of halogens is 1. The molecule has 0 amide bonds. The van der Waals surface area contributed by atoms with Crippen LogP contribution in [0.25, 0.3) is 0 Å². The molecule has 2 aliphatic rings. The minimum atomic E-state index is 0.660. The van der Waals surface area contributed by atoms with Crippen LogP contribution in [0.1, 0.15) is 0 Å². The molecule has 0 radical (unpaired) electrons. The SMILES string of the molecule is Clc1ccc(N2CCN3CCNCC3C2)cc1. The first-order valence-corrected chi connectivity index (χ1v) is 6.66. The van der Waals surface area contributed by atoms with Crippen LogP contribution in [-0.4, -0.2) is 50.2 Å². The Balaban J connectivity index is 1.71. The molecular weight excluding hydrogens is 234 g/mol. The van der Waals surface area contributed by atoms with Crippen LogP contribution in [0.3, 0.4) is 0 Å². The number of anilines is 1. The van der Waals surface area contributed by atoms with E-state index in [-0.39, 0.29) is 0 Å². The second-order valence-corrected chi connectivity index (χ2v) is 5.25. The molecule has 2 fully saturated rings. The zero-order chi connectivity index (χ0) is 11.7. The Hall–Kier alpha value is -0.770. The van der Waals surface area contributed by atoms with Crippen LogP contribution in [0, 0.1) is 0 Å².